The summed E-state index contributed by atoms with van der Waals surface area (Å²) in [5, 5.41) is 3.65. The van der Waals surface area contributed by atoms with Gasteiger partial charge < -0.3 is 15.2 Å². The number of benzene rings is 1. The highest BCUT2D eigenvalue weighted by Crippen LogP contribution is 2.34. The van der Waals surface area contributed by atoms with E-state index < -0.39 is 5.91 Å². The summed E-state index contributed by atoms with van der Waals surface area (Å²) < 4.78 is 11.0. The van der Waals surface area contributed by atoms with Gasteiger partial charge in [0, 0.05) is 17.8 Å². The third-order valence-electron chi connectivity index (χ3n) is 3.98. The van der Waals surface area contributed by atoms with E-state index in [1.165, 1.54) is 6.21 Å². The Morgan fingerprint density at radius 1 is 1.23 bits per heavy atom. The highest BCUT2D eigenvalue weighted by Gasteiger charge is 2.19. The summed E-state index contributed by atoms with van der Waals surface area (Å²) in [5.74, 6) is 0.430. The standard InChI is InChI=1S/C20H16Cl3N5O3/c1-30-13-6-5-11(8-12(13)10-31-14-4-2-3-7-25-14)9-26-28-20(29)18-15(21)17(24)16(22)19(23)27-18/h2-9H,10H2,1H3,(H2,24,27)(H,28,29). The minimum absolute atomic E-state index is 0.0228. The fourth-order valence-electron chi connectivity index (χ4n) is 2.48. The molecule has 0 aliphatic carbocycles. The number of hydrogen-bond donors (Lipinski definition) is 2. The van der Waals surface area contributed by atoms with Crippen molar-refractivity contribution in [3.63, 3.8) is 0 Å². The highest BCUT2D eigenvalue weighted by atomic mass is 35.5. The number of carbonyl (C=O) groups excluding carboxylic acids is 1. The van der Waals surface area contributed by atoms with Crippen LogP contribution < -0.4 is 20.6 Å². The van der Waals surface area contributed by atoms with Crippen molar-refractivity contribution in [1.82, 2.24) is 15.4 Å². The van der Waals surface area contributed by atoms with Gasteiger partial charge in [-0.05, 0) is 29.8 Å². The Morgan fingerprint density at radius 2 is 2.03 bits per heavy atom. The monoisotopic (exact) mass is 479 g/mol. The average Bonchev–Trinajstić information content (AvgIpc) is 2.79. The minimum atomic E-state index is -0.696. The van der Waals surface area contributed by atoms with Gasteiger partial charge in [-0.15, -0.1) is 0 Å². The van der Waals surface area contributed by atoms with Crippen molar-refractivity contribution in [2.24, 2.45) is 5.10 Å². The van der Waals surface area contributed by atoms with Crippen LogP contribution in [0.25, 0.3) is 0 Å². The van der Waals surface area contributed by atoms with Crippen LogP contribution in [-0.2, 0) is 6.61 Å². The van der Waals surface area contributed by atoms with E-state index in [2.05, 4.69) is 20.5 Å². The molecule has 11 heteroatoms. The molecule has 160 valence electrons. The van der Waals surface area contributed by atoms with E-state index in [0.717, 1.165) is 5.56 Å². The number of amides is 1. The number of anilines is 1. The number of aromatic nitrogens is 2. The molecule has 0 aliphatic heterocycles. The van der Waals surface area contributed by atoms with Crippen LogP contribution in [0.1, 0.15) is 21.6 Å². The SMILES string of the molecule is COc1ccc(C=NNC(=O)c2nc(Cl)c(Cl)c(N)c2Cl)cc1COc1ccccn1. The molecule has 0 aliphatic rings. The van der Waals surface area contributed by atoms with Gasteiger partial charge in [0.1, 0.15) is 17.4 Å². The first-order chi connectivity index (χ1) is 14.9. The molecular formula is C20H16Cl3N5O3. The summed E-state index contributed by atoms with van der Waals surface area (Å²) in [6.07, 6.45) is 3.08. The molecule has 0 atom stereocenters. The van der Waals surface area contributed by atoms with E-state index in [-0.39, 0.29) is 33.2 Å². The molecule has 0 bridgehead atoms. The van der Waals surface area contributed by atoms with E-state index in [0.29, 0.717) is 17.2 Å². The summed E-state index contributed by atoms with van der Waals surface area (Å²) in [5.41, 5.74) is 9.27. The van der Waals surface area contributed by atoms with Crippen LogP contribution in [0, 0.1) is 0 Å². The maximum absolute atomic E-state index is 12.3. The van der Waals surface area contributed by atoms with Crippen molar-refractivity contribution in [2.45, 2.75) is 6.61 Å². The normalized spacial score (nSPS) is 10.8. The first kappa shape index (κ1) is 22.6. The van der Waals surface area contributed by atoms with Gasteiger partial charge in [0.25, 0.3) is 5.91 Å². The molecule has 0 spiro atoms. The Balaban J connectivity index is 1.71. The molecule has 2 heterocycles. The van der Waals surface area contributed by atoms with Crippen LogP contribution in [-0.4, -0.2) is 29.2 Å². The maximum Gasteiger partial charge on any atom is 0.291 e. The van der Waals surface area contributed by atoms with Crippen molar-refractivity contribution in [1.29, 1.82) is 0 Å². The number of rotatable bonds is 7. The van der Waals surface area contributed by atoms with Crippen LogP contribution in [0.2, 0.25) is 15.2 Å². The molecule has 1 aromatic carbocycles. The number of nitrogens with one attached hydrogen (secondary N) is 1. The molecular weight excluding hydrogens is 465 g/mol. The number of methoxy groups -OCH3 is 1. The zero-order chi connectivity index (χ0) is 22.4. The Hall–Kier alpha value is -3.07. The van der Waals surface area contributed by atoms with E-state index >= 15 is 0 Å². The van der Waals surface area contributed by atoms with E-state index in [9.17, 15) is 4.79 Å². The van der Waals surface area contributed by atoms with E-state index in [4.69, 9.17) is 50.0 Å². The van der Waals surface area contributed by atoms with Gasteiger partial charge in [-0.1, -0.05) is 40.9 Å². The van der Waals surface area contributed by atoms with Crippen LogP contribution in [0.5, 0.6) is 11.6 Å². The second-order valence-corrected chi connectivity index (χ2v) is 7.13. The Bertz CT molecular complexity index is 1130. The molecule has 0 saturated heterocycles. The van der Waals surface area contributed by atoms with Gasteiger partial charge in [-0.3, -0.25) is 4.79 Å². The number of nitrogens with zero attached hydrogens (tertiary/aromatic N) is 3. The molecule has 8 nitrogen and oxygen atoms in total. The maximum atomic E-state index is 12.3. The first-order valence-corrected chi connectivity index (χ1v) is 9.88. The quantitative estimate of drug-likeness (QED) is 0.295. The van der Waals surface area contributed by atoms with Gasteiger partial charge in [0.15, 0.2) is 10.8 Å². The first-order valence-electron chi connectivity index (χ1n) is 8.74. The molecule has 2 aromatic heterocycles. The van der Waals surface area contributed by atoms with E-state index in [1.54, 1.807) is 43.6 Å². The lowest BCUT2D eigenvalue weighted by molar-refractivity contribution is 0.0950. The number of pyridine rings is 2. The Morgan fingerprint density at radius 3 is 2.74 bits per heavy atom. The minimum Gasteiger partial charge on any atom is -0.496 e. The van der Waals surface area contributed by atoms with Crippen LogP contribution in [0.3, 0.4) is 0 Å². The topological polar surface area (TPSA) is 112 Å². The lowest BCUT2D eigenvalue weighted by atomic mass is 10.1. The predicted octanol–water partition coefficient (Wildman–Crippen LogP) is 4.37. The lowest BCUT2D eigenvalue weighted by Gasteiger charge is -2.10. The number of carbonyl (C=O) groups is 1. The molecule has 0 fully saturated rings. The number of ether oxygens (including phenoxy) is 2. The van der Waals surface area contributed by atoms with Crippen LogP contribution >= 0.6 is 34.8 Å². The molecule has 3 N–H and O–H groups in total. The third kappa shape index (κ3) is 5.55. The molecule has 0 unspecified atom stereocenters. The highest BCUT2D eigenvalue weighted by molar-refractivity contribution is 6.46. The van der Waals surface area contributed by atoms with Gasteiger partial charge in [-0.2, -0.15) is 5.10 Å². The number of hydrazone groups is 1. The zero-order valence-electron chi connectivity index (χ0n) is 16.1. The van der Waals surface area contributed by atoms with Crippen molar-refractivity contribution < 1.29 is 14.3 Å². The molecule has 1 amide bonds. The zero-order valence-corrected chi connectivity index (χ0v) is 18.4. The molecule has 31 heavy (non-hydrogen) atoms. The molecule has 0 radical (unpaired) electrons. The Kier molecular flexibility index (Phi) is 7.51. The molecule has 3 rings (SSSR count). The van der Waals surface area contributed by atoms with Gasteiger partial charge in [0.05, 0.1) is 24.0 Å². The Labute approximate surface area is 192 Å². The van der Waals surface area contributed by atoms with Crippen molar-refractivity contribution in [3.05, 3.63) is 74.6 Å². The summed E-state index contributed by atoms with van der Waals surface area (Å²) >= 11 is 17.7. The second kappa shape index (κ2) is 10.3. The molecule has 0 saturated carbocycles. The largest absolute Gasteiger partial charge is 0.496 e. The summed E-state index contributed by atoms with van der Waals surface area (Å²) in [6.45, 7) is 0.232. The van der Waals surface area contributed by atoms with Gasteiger partial charge in [-0.25, -0.2) is 15.4 Å². The number of nitrogens with two attached hydrogens (primary N) is 1. The number of hydrogen-bond acceptors (Lipinski definition) is 7. The smallest absolute Gasteiger partial charge is 0.291 e. The van der Waals surface area contributed by atoms with Crippen molar-refractivity contribution in [3.8, 4) is 11.6 Å². The summed E-state index contributed by atoms with van der Waals surface area (Å²) in [6, 6.07) is 10.7. The summed E-state index contributed by atoms with van der Waals surface area (Å²) in [4.78, 5) is 20.3. The third-order valence-corrected chi connectivity index (χ3v) is 5.12. The van der Waals surface area contributed by atoms with Gasteiger partial charge >= 0.3 is 0 Å². The van der Waals surface area contributed by atoms with Crippen molar-refractivity contribution >= 4 is 52.6 Å². The number of halogens is 3. The second-order valence-electron chi connectivity index (χ2n) is 6.02. The van der Waals surface area contributed by atoms with Crippen LogP contribution in [0.15, 0.2) is 47.7 Å². The fraction of sp³-hybridized carbons (Fsp3) is 0.100. The lowest BCUT2D eigenvalue weighted by Crippen LogP contribution is -2.20. The van der Waals surface area contributed by atoms with Gasteiger partial charge in [0.2, 0.25) is 5.88 Å². The summed E-state index contributed by atoms with van der Waals surface area (Å²) in [7, 11) is 1.56. The van der Waals surface area contributed by atoms with Crippen molar-refractivity contribution in [2.75, 3.05) is 12.8 Å². The predicted molar refractivity (Wildman–Crippen MR) is 120 cm³/mol. The van der Waals surface area contributed by atoms with Crippen LogP contribution in [0.4, 0.5) is 5.69 Å². The fourth-order valence-corrected chi connectivity index (χ4v) is 3.07. The average molecular weight is 481 g/mol. The van der Waals surface area contributed by atoms with E-state index in [1.807, 2.05) is 6.07 Å². The molecule has 3 aromatic rings. The number of nitrogen functional groups attached to an aromatic ring is 1.